The lowest BCUT2D eigenvalue weighted by atomic mass is 9.78. The third kappa shape index (κ3) is 3.66. The molecule has 6 nitrogen and oxygen atoms in total. The molecule has 2 aliphatic heterocycles. The van der Waals surface area contributed by atoms with Crippen molar-refractivity contribution >= 4 is 17.3 Å². The van der Waals surface area contributed by atoms with Crippen LogP contribution in [0.25, 0.3) is 5.70 Å². The fraction of sp³-hybridized carbons (Fsp3) is 0.571. The van der Waals surface area contributed by atoms with E-state index in [9.17, 15) is 15.3 Å². The Kier molecular flexibility index (Phi) is 4.94. The molecule has 3 aliphatic rings. The van der Waals surface area contributed by atoms with Crippen LogP contribution in [0.15, 0.2) is 23.9 Å². The van der Waals surface area contributed by atoms with Crippen LogP contribution in [0.3, 0.4) is 0 Å². The summed E-state index contributed by atoms with van der Waals surface area (Å²) in [6, 6.07) is 2.02. The van der Waals surface area contributed by atoms with Gasteiger partial charge in [0.05, 0.1) is 18.0 Å². The lowest BCUT2D eigenvalue weighted by Gasteiger charge is -2.46. The van der Waals surface area contributed by atoms with E-state index >= 15 is 0 Å². The Hall–Kier alpha value is -1.60. The van der Waals surface area contributed by atoms with Gasteiger partial charge in [-0.1, -0.05) is 32.4 Å². The minimum atomic E-state index is -1.72. The predicted octanol–water partition coefficient (Wildman–Crippen LogP) is 2.71. The lowest BCUT2D eigenvalue weighted by Crippen LogP contribution is -2.47. The van der Waals surface area contributed by atoms with E-state index in [1.807, 2.05) is 11.0 Å². The van der Waals surface area contributed by atoms with E-state index < -0.39 is 12.4 Å². The van der Waals surface area contributed by atoms with Crippen LogP contribution in [0.1, 0.15) is 44.9 Å². The van der Waals surface area contributed by atoms with Crippen LogP contribution < -0.4 is 4.74 Å². The van der Waals surface area contributed by atoms with Crippen molar-refractivity contribution in [2.24, 2.45) is 11.3 Å². The SMILES string of the molecule is CC(C)(C)C1Cc2cc(OCC3CC3)c(Cl)nc2C2=CC(O)C(C(O)O)=CN21. The summed E-state index contributed by atoms with van der Waals surface area (Å²) in [6.07, 6.45) is 3.55. The van der Waals surface area contributed by atoms with Gasteiger partial charge in [0.1, 0.15) is 6.10 Å². The van der Waals surface area contributed by atoms with E-state index in [0.29, 0.717) is 35.5 Å². The molecule has 0 saturated heterocycles. The van der Waals surface area contributed by atoms with Crippen LogP contribution in [0.4, 0.5) is 0 Å². The molecule has 7 heteroatoms. The van der Waals surface area contributed by atoms with Gasteiger partial charge in [-0.3, -0.25) is 0 Å². The van der Waals surface area contributed by atoms with Crippen LogP contribution in [-0.4, -0.2) is 50.2 Å². The number of ether oxygens (including phenoxy) is 1. The highest BCUT2D eigenvalue weighted by Crippen LogP contribution is 2.43. The van der Waals surface area contributed by atoms with Crippen molar-refractivity contribution in [1.82, 2.24) is 9.88 Å². The quantitative estimate of drug-likeness (QED) is 0.526. The number of rotatable bonds is 4. The first-order valence-corrected chi connectivity index (χ1v) is 10.1. The second-order valence-electron chi connectivity index (χ2n) is 9.03. The van der Waals surface area contributed by atoms with E-state index in [1.54, 1.807) is 12.3 Å². The molecular formula is C21H27ClN2O4. The van der Waals surface area contributed by atoms with Gasteiger partial charge in [-0.2, -0.15) is 0 Å². The van der Waals surface area contributed by atoms with Crippen molar-refractivity contribution in [3.05, 3.63) is 40.3 Å². The molecule has 2 unspecified atom stereocenters. The molecule has 4 rings (SSSR count). The maximum absolute atomic E-state index is 10.4. The van der Waals surface area contributed by atoms with Gasteiger partial charge < -0.3 is 25.0 Å². The minimum absolute atomic E-state index is 0.0479. The monoisotopic (exact) mass is 406 g/mol. The van der Waals surface area contributed by atoms with Crippen LogP contribution in [0.5, 0.6) is 5.75 Å². The van der Waals surface area contributed by atoms with E-state index in [1.165, 1.54) is 12.8 Å². The zero-order chi connectivity index (χ0) is 20.2. The number of pyridine rings is 1. The normalized spacial score (nSPS) is 24.5. The molecule has 1 aliphatic carbocycles. The van der Waals surface area contributed by atoms with Gasteiger partial charge >= 0.3 is 0 Å². The Bertz CT molecular complexity index is 840. The molecule has 0 spiro atoms. The summed E-state index contributed by atoms with van der Waals surface area (Å²) in [5, 5.41) is 30.0. The summed E-state index contributed by atoms with van der Waals surface area (Å²) in [4.78, 5) is 6.57. The van der Waals surface area contributed by atoms with Gasteiger partial charge in [0.2, 0.25) is 0 Å². The second kappa shape index (κ2) is 7.02. The zero-order valence-electron chi connectivity index (χ0n) is 16.4. The number of nitrogens with zero attached hydrogens (tertiary/aromatic N) is 2. The standard InChI is InChI=1S/C21H27ClN2O4/c1-21(2,3)17-7-12-6-16(28-10-11-4-5-11)19(22)23-18(12)14-8-15(25)13(20(26)27)9-24(14)17/h6,8-9,11,15,17,20,25-27H,4-5,7,10H2,1-3H3. The van der Waals surface area contributed by atoms with E-state index in [4.69, 9.17) is 16.3 Å². The molecule has 1 saturated carbocycles. The molecule has 1 aromatic rings. The predicted molar refractivity (Wildman–Crippen MR) is 107 cm³/mol. The highest BCUT2D eigenvalue weighted by atomic mass is 35.5. The van der Waals surface area contributed by atoms with Crippen molar-refractivity contribution < 1.29 is 20.1 Å². The van der Waals surface area contributed by atoms with E-state index in [0.717, 1.165) is 11.3 Å². The number of hydrogen-bond donors (Lipinski definition) is 3. The highest BCUT2D eigenvalue weighted by molar-refractivity contribution is 6.30. The Morgan fingerprint density at radius 2 is 2.04 bits per heavy atom. The molecule has 0 radical (unpaired) electrons. The maximum atomic E-state index is 10.4. The largest absolute Gasteiger partial charge is 0.490 e. The molecule has 28 heavy (non-hydrogen) atoms. The number of halogens is 1. The van der Waals surface area contributed by atoms with Crippen molar-refractivity contribution in [2.75, 3.05) is 6.61 Å². The molecule has 0 amide bonds. The molecule has 3 N–H and O–H groups in total. The Morgan fingerprint density at radius 1 is 1.32 bits per heavy atom. The summed E-state index contributed by atoms with van der Waals surface area (Å²) in [5.41, 5.74) is 2.50. The highest BCUT2D eigenvalue weighted by Gasteiger charge is 2.40. The molecule has 3 heterocycles. The average molecular weight is 407 g/mol. The van der Waals surface area contributed by atoms with Crippen molar-refractivity contribution in [2.45, 2.75) is 58.5 Å². The van der Waals surface area contributed by atoms with E-state index in [2.05, 4.69) is 25.8 Å². The first kappa shape index (κ1) is 19.7. The molecule has 152 valence electrons. The Labute approximate surface area is 170 Å². The number of fused-ring (bicyclic) bond motifs is 3. The van der Waals surface area contributed by atoms with E-state index in [-0.39, 0.29) is 17.0 Å². The maximum Gasteiger partial charge on any atom is 0.178 e. The van der Waals surface area contributed by atoms with Gasteiger partial charge in [-0.15, -0.1) is 0 Å². The molecule has 1 fully saturated rings. The summed E-state index contributed by atoms with van der Waals surface area (Å²) < 4.78 is 5.90. The van der Waals surface area contributed by atoms with Gasteiger partial charge in [-0.25, -0.2) is 4.98 Å². The second-order valence-corrected chi connectivity index (χ2v) is 9.39. The van der Waals surface area contributed by atoms with Crippen LogP contribution in [-0.2, 0) is 6.42 Å². The smallest absolute Gasteiger partial charge is 0.178 e. The van der Waals surface area contributed by atoms with Gasteiger partial charge in [0, 0.05) is 17.8 Å². The Morgan fingerprint density at radius 3 is 2.64 bits per heavy atom. The van der Waals surface area contributed by atoms with Gasteiger partial charge in [-0.05, 0) is 48.3 Å². The molecular weight excluding hydrogens is 380 g/mol. The topological polar surface area (TPSA) is 86.0 Å². The van der Waals surface area contributed by atoms with Crippen molar-refractivity contribution in [3.63, 3.8) is 0 Å². The third-order valence-electron chi connectivity index (χ3n) is 5.71. The third-order valence-corrected chi connectivity index (χ3v) is 5.98. The fourth-order valence-corrected chi connectivity index (χ4v) is 4.02. The number of aliphatic hydroxyl groups is 3. The summed E-state index contributed by atoms with van der Waals surface area (Å²) in [6.45, 7) is 7.09. The van der Waals surface area contributed by atoms with Crippen LogP contribution >= 0.6 is 11.6 Å². The number of aromatic nitrogens is 1. The lowest BCUT2D eigenvalue weighted by molar-refractivity contribution is -0.0228. The van der Waals surface area contributed by atoms with Crippen LogP contribution in [0, 0.1) is 11.3 Å². The van der Waals surface area contributed by atoms with Crippen LogP contribution in [0.2, 0.25) is 5.15 Å². The minimum Gasteiger partial charge on any atom is -0.490 e. The zero-order valence-corrected chi connectivity index (χ0v) is 17.1. The molecule has 2 atom stereocenters. The fourth-order valence-electron chi connectivity index (χ4n) is 3.83. The summed E-state index contributed by atoms with van der Waals surface area (Å²) in [7, 11) is 0. The van der Waals surface area contributed by atoms with Crippen molar-refractivity contribution in [3.8, 4) is 5.75 Å². The molecule has 0 aromatic carbocycles. The number of hydrogen-bond acceptors (Lipinski definition) is 6. The van der Waals surface area contributed by atoms with Gasteiger partial charge in [0.25, 0.3) is 0 Å². The molecule has 1 aromatic heterocycles. The van der Waals surface area contributed by atoms with Crippen molar-refractivity contribution in [1.29, 1.82) is 0 Å². The average Bonchev–Trinajstić information content (AvgIpc) is 3.42. The summed E-state index contributed by atoms with van der Waals surface area (Å²) >= 11 is 6.40. The number of aliphatic hydroxyl groups excluding tert-OH is 2. The first-order valence-electron chi connectivity index (χ1n) is 9.73. The molecule has 0 bridgehead atoms. The first-order chi connectivity index (χ1) is 13.1. The Balaban J connectivity index is 1.76. The summed E-state index contributed by atoms with van der Waals surface area (Å²) in [5.74, 6) is 1.22. The van der Waals surface area contributed by atoms with Gasteiger partial charge in [0.15, 0.2) is 17.2 Å².